The van der Waals surface area contributed by atoms with E-state index in [2.05, 4.69) is 5.32 Å². The largest absolute Gasteiger partial charge is 0.481 e. The molecule has 0 aliphatic carbocycles. The fourth-order valence-corrected chi connectivity index (χ4v) is 2.07. The van der Waals surface area contributed by atoms with Gasteiger partial charge in [0.2, 0.25) is 0 Å². The van der Waals surface area contributed by atoms with Gasteiger partial charge in [0.1, 0.15) is 0 Å². The zero-order valence-corrected chi connectivity index (χ0v) is 11.2. The van der Waals surface area contributed by atoms with Crippen LogP contribution in [0.3, 0.4) is 0 Å². The molecule has 0 aromatic heterocycles. The van der Waals surface area contributed by atoms with Gasteiger partial charge in [0, 0.05) is 12.1 Å². The Morgan fingerprint density at radius 2 is 2.05 bits per heavy atom. The molecule has 1 amide bonds. The summed E-state index contributed by atoms with van der Waals surface area (Å²) in [5, 5.41) is 21.0. The van der Waals surface area contributed by atoms with Gasteiger partial charge in [-0.1, -0.05) is 6.07 Å². The first kappa shape index (κ1) is 14.5. The first-order chi connectivity index (χ1) is 9.37. The van der Waals surface area contributed by atoms with Crippen LogP contribution in [0.4, 0.5) is 0 Å². The lowest BCUT2D eigenvalue weighted by molar-refractivity contribution is -0.141. The molecule has 1 aromatic carbocycles. The number of nitrogens with one attached hydrogen (secondary N) is 1. The van der Waals surface area contributed by atoms with E-state index in [0.717, 1.165) is 11.1 Å². The second kappa shape index (κ2) is 5.60. The molecule has 2 rings (SSSR count). The average molecular weight is 279 g/mol. The van der Waals surface area contributed by atoms with E-state index in [1.807, 2.05) is 6.07 Å². The lowest BCUT2D eigenvalue weighted by atomic mass is 10.0. The van der Waals surface area contributed by atoms with E-state index >= 15 is 0 Å². The smallest absolute Gasteiger partial charge is 0.306 e. The molecule has 1 aliphatic heterocycles. The van der Waals surface area contributed by atoms with Gasteiger partial charge in [-0.2, -0.15) is 0 Å². The van der Waals surface area contributed by atoms with E-state index in [0.29, 0.717) is 18.8 Å². The van der Waals surface area contributed by atoms with Crippen LogP contribution in [-0.2, 0) is 22.7 Å². The van der Waals surface area contributed by atoms with E-state index in [9.17, 15) is 14.7 Å². The summed E-state index contributed by atoms with van der Waals surface area (Å²) >= 11 is 0. The van der Waals surface area contributed by atoms with Crippen LogP contribution >= 0.6 is 0 Å². The summed E-state index contributed by atoms with van der Waals surface area (Å²) in [4.78, 5) is 22.5. The maximum Gasteiger partial charge on any atom is 0.306 e. The first-order valence-electron chi connectivity index (χ1n) is 6.29. The van der Waals surface area contributed by atoms with Crippen LogP contribution in [-0.4, -0.2) is 34.2 Å². The fraction of sp³-hybridized carbons (Fsp3) is 0.429. The molecular formula is C14H17NO5. The molecule has 20 heavy (non-hydrogen) atoms. The predicted octanol–water partition coefficient (Wildman–Crippen LogP) is 0.672. The number of carboxylic acids is 1. The van der Waals surface area contributed by atoms with Gasteiger partial charge in [0.15, 0.2) is 0 Å². The number of hydrogen-bond acceptors (Lipinski definition) is 4. The number of rotatable bonds is 5. The Morgan fingerprint density at radius 1 is 1.35 bits per heavy atom. The molecule has 3 N–H and O–H groups in total. The molecule has 0 radical (unpaired) electrons. The van der Waals surface area contributed by atoms with Crippen molar-refractivity contribution in [1.82, 2.24) is 5.32 Å². The van der Waals surface area contributed by atoms with E-state index < -0.39 is 18.0 Å². The van der Waals surface area contributed by atoms with Crippen LogP contribution in [0, 0.1) is 0 Å². The molecule has 1 heterocycles. The second-order valence-electron chi connectivity index (χ2n) is 5.23. The van der Waals surface area contributed by atoms with Gasteiger partial charge in [-0.05, 0) is 30.2 Å². The molecule has 108 valence electrons. The summed E-state index contributed by atoms with van der Waals surface area (Å²) < 4.78 is 5.27. The molecule has 1 aliphatic rings. The number of carbonyl (C=O) groups excluding carboxylic acids is 1. The number of benzene rings is 1. The van der Waals surface area contributed by atoms with Gasteiger partial charge >= 0.3 is 5.97 Å². The Bertz CT molecular complexity index is 538. The van der Waals surface area contributed by atoms with Crippen LogP contribution in [0.15, 0.2) is 18.2 Å². The second-order valence-corrected chi connectivity index (χ2v) is 5.23. The number of hydrogen-bond donors (Lipinski definition) is 3. The summed E-state index contributed by atoms with van der Waals surface area (Å²) in [5.41, 5.74) is 1.05. The Kier molecular flexibility index (Phi) is 4.06. The van der Waals surface area contributed by atoms with E-state index in [1.165, 1.54) is 6.92 Å². The van der Waals surface area contributed by atoms with Crippen LogP contribution in [0.5, 0.6) is 0 Å². The minimum atomic E-state index is -1.47. The molecule has 1 aromatic rings. The zero-order chi connectivity index (χ0) is 14.8. The van der Waals surface area contributed by atoms with Crippen molar-refractivity contribution >= 4 is 11.9 Å². The van der Waals surface area contributed by atoms with Crippen LogP contribution in [0.1, 0.15) is 34.8 Å². The fourth-order valence-electron chi connectivity index (χ4n) is 2.07. The van der Waals surface area contributed by atoms with Gasteiger partial charge in [-0.25, -0.2) is 0 Å². The van der Waals surface area contributed by atoms with Crippen molar-refractivity contribution in [1.29, 1.82) is 0 Å². The molecule has 0 saturated heterocycles. The van der Waals surface area contributed by atoms with Crippen LogP contribution < -0.4 is 5.32 Å². The van der Waals surface area contributed by atoms with Gasteiger partial charge in [0.25, 0.3) is 5.91 Å². The maximum atomic E-state index is 12.0. The van der Waals surface area contributed by atoms with Crippen molar-refractivity contribution in [2.45, 2.75) is 32.2 Å². The molecule has 0 fully saturated rings. The summed E-state index contributed by atoms with van der Waals surface area (Å²) in [5.74, 6) is -1.45. The predicted molar refractivity (Wildman–Crippen MR) is 70.1 cm³/mol. The maximum absolute atomic E-state index is 12.0. The van der Waals surface area contributed by atoms with Crippen LogP contribution in [0.2, 0.25) is 0 Å². The Balaban J connectivity index is 1.97. The average Bonchev–Trinajstić information content (AvgIpc) is 2.81. The highest BCUT2D eigenvalue weighted by molar-refractivity contribution is 5.94. The summed E-state index contributed by atoms with van der Waals surface area (Å²) in [6.07, 6.45) is -0.425. The van der Waals surface area contributed by atoms with Crippen molar-refractivity contribution < 1.29 is 24.5 Å². The number of ether oxygens (including phenoxy) is 1. The normalized spacial score (nSPS) is 16.3. The highest BCUT2D eigenvalue weighted by atomic mass is 16.5. The van der Waals surface area contributed by atoms with E-state index in [1.54, 1.807) is 12.1 Å². The minimum Gasteiger partial charge on any atom is -0.481 e. The third-order valence-electron chi connectivity index (χ3n) is 3.15. The number of carboxylic acid groups (broad SMARTS) is 1. The third kappa shape index (κ3) is 3.55. The number of aliphatic hydroxyl groups is 1. The van der Waals surface area contributed by atoms with Gasteiger partial charge < -0.3 is 20.3 Å². The molecular weight excluding hydrogens is 262 g/mol. The molecule has 6 nitrogen and oxygen atoms in total. The van der Waals surface area contributed by atoms with Crippen molar-refractivity contribution in [2.24, 2.45) is 0 Å². The molecule has 1 atom stereocenters. The van der Waals surface area contributed by atoms with Crippen molar-refractivity contribution in [2.75, 3.05) is 6.54 Å². The molecule has 6 heteroatoms. The topological polar surface area (TPSA) is 95.9 Å². The zero-order valence-electron chi connectivity index (χ0n) is 11.2. The SMILES string of the molecule is CC(O)(CNC(=O)c1ccc2c(c1)COC2)CC(=O)O. The third-order valence-corrected chi connectivity index (χ3v) is 3.15. The van der Waals surface area contributed by atoms with Gasteiger partial charge in [-0.3, -0.25) is 9.59 Å². The summed E-state index contributed by atoms with van der Waals surface area (Å²) in [6, 6.07) is 5.28. The van der Waals surface area contributed by atoms with Gasteiger partial charge in [-0.15, -0.1) is 0 Å². The number of amides is 1. The van der Waals surface area contributed by atoms with Crippen molar-refractivity contribution in [3.8, 4) is 0 Å². The molecule has 0 bridgehead atoms. The summed E-state index contributed by atoms with van der Waals surface area (Å²) in [7, 11) is 0. The molecule has 0 saturated carbocycles. The summed E-state index contributed by atoms with van der Waals surface area (Å²) in [6.45, 7) is 2.31. The Hall–Kier alpha value is -1.92. The number of aliphatic carboxylic acids is 1. The highest BCUT2D eigenvalue weighted by Crippen LogP contribution is 2.20. The molecule has 1 unspecified atom stereocenters. The minimum absolute atomic E-state index is 0.119. The van der Waals surface area contributed by atoms with Gasteiger partial charge in [0.05, 0.1) is 25.2 Å². The molecule has 0 spiro atoms. The monoisotopic (exact) mass is 279 g/mol. The number of carbonyl (C=O) groups is 2. The lowest BCUT2D eigenvalue weighted by Gasteiger charge is -2.21. The van der Waals surface area contributed by atoms with E-state index in [-0.39, 0.29) is 12.5 Å². The quantitative estimate of drug-likeness (QED) is 0.736. The Labute approximate surface area is 116 Å². The standard InChI is InChI=1S/C14H17NO5/c1-14(19,5-12(16)17)8-15-13(18)9-2-3-10-6-20-7-11(10)4-9/h2-4,19H,5-8H2,1H3,(H,15,18)(H,16,17). The van der Waals surface area contributed by atoms with E-state index in [4.69, 9.17) is 9.84 Å². The highest BCUT2D eigenvalue weighted by Gasteiger charge is 2.25. The van der Waals surface area contributed by atoms with Crippen LogP contribution in [0.25, 0.3) is 0 Å². The first-order valence-corrected chi connectivity index (χ1v) is 6.29. The Morgan fingerprint density at radius 3 is 2.75 bits per heavy atom. The van der Waals surface area contributed by atoms with Crippen molar-refractivity contribution in [3.63, 3.8) is 0 Å². The van der Waals surface area contributed by atoms with Crippen molar-refractivity contribution in [3.05, 3.63) is 34.9 Å². The number of fused-ring (bicyclic) bond motifs is 1. The lowest BCUT2D eigenvalue weighted by Crippen LogP contribution is -2.42.